The molecule has 2 unspecified atom stereocenters. The number of hydrogen-bond donors (Lipinski definition) is 1. The Kier molecular flexibility index (Phi) is 6.58. The van der Waals surface area contributed by atoms with Gasteiger partial charge in [0.2, 0.25) is 10.0 Å². The molecule has 1 aromatic rings. The number of hydrogen-bond acceptors (Lipinski definition) is 4. The molecular formula is C18H28ClN3O3S. The molecule has 2 aliphatic heterocycles. The second kappa shape index (κ2) is 8.15. The number of nitrogens with zero attached hydrogens (tertiary/aromatic N) is 2. The van der Waals surface area contributed by atoms with Gasteiger partial charge in [-0.05, 0) is 63.3 Å². The van der Waals surface area contributed by atoms with Gasteiger partial charge in [0, 0.05) is 30.7 Å². The number of amides is 1. The van der Waals surface area contributed by atoms with Gasteiger partial charge in [0.1, 0.15) is 0 Å². The summed E-state index contributed by atoms with van der Waals surface area (Å²) in [5, 5.41) is 0. The van der Waals surface area contributed by atoms with E-state index in [4.69, 9.17) is 5.73 Å². The Labute approximate surface area is 162 Å². The van der Waals surface area contributed by atoms with Crippen LogP contribution < -0.4 is 10.0 Å². The minimum atomic E-state index is -3.21. The molecule has 2 aliphatic rings. The standard InChI is InChI=1S/C18H27N3O3S.ClH/c1-13-12-15(21-10-5-11-25(21,23)24)7-8-16(13)18(22)20-9-4-3-6-17(20)14(2)19;/h7-8,12,14,17H,3-6,9-11,19H2,1-2H3;1H. The number of carbonyl (C=O) groups excluding carboxylic acids is 1. The SMILES string of the molecule is Cc1cc(N2CCCS2(=O)=O)ccc1C(=O)N1CCCCC1C(C)N.Cl. The van der Waals surface area contributed by atoms with Crippen LogP contribution in [-0.4, -0.2) is 50.2 Å². The molecule has 26 heavy (non-hydrogen) atoms. The van der Waals surface area contributed by atoms with Crippen LogP contribution in [-0.2, 0) is 10.0 Å². The Bertz CT molecular complexity index is 767. The molecule has 0 saturated carbocycles. The first-order chi connectivity index (χ1) is 11.8. The Balaban J connectivity index is 0.00000243. The number of likely N-dealkylation sites (tertiary alicyclic amines) is 1. The summed E-state index contributed by atoms with van der Waals surface area (Å²) < 4.78 is 25.6. The van der Waals surface area contributed by atoms with E-state index < -0.39 is 10.0 Å². The first-order valence-corrected chi connectivity index (χ1v) is 10.6. The van der Waals surface area contributed by atoms with Crippen molar-refractivity contribution in [3.05, 3.63) is 29.3 Å². The summed E-state index contributed by atoms with van der Waals surface area (Å²) in [5.41, 5.74) is 8.16. The fourth-order valence-corrected chi connectivity index (χ4v) is 5.44. The molecular weight excluding hydrogens is 374 g/mol. The molecule has 0 bridgehead atoms. The van der Waals surface area contributed by atoms with Crippen LogP contribution >= 0.6 is 12.4 Å². The molecule has 0 radical (unpaired) electrons. The molecule has 8 heteroatoms. The van der Waals surface area contributed by atoms with Crippen LogP contribution in [0.1, 0.15) is 48.5 Å². The molecule has 2 heterocycles. The monoisotopic (exact) mass is 401 g/mol. The summed E-state index contributed by atoms with van der Waals surface area (Å²) in [7, 11) is -3.21. The number of aryl methyl sites for hydroxylation is 1. The molecule has 2 fully saturated rings. The summed E-state index contributed by atoms with van der Waals surface area (Å²) in [5.74, 6) is 0.187. The quantitative estimate of drug-likeness (QED) is 0.842. The second-order valence-corrected chi connectivity index (χ2v) is 9.17. The number of nitrogens with two attached hydrogens (primary N) is 1. The molecule has 1 amide bonds. The number of rotatable bonds is 3. The number of carbonyl (C=O) groups is 1. The van der Waals surface area contributed by atoms with Crippen molar-refractivity contribution in [3.63, 3.8) is 0 Å². The zero-order valence-corrected chi connectivity index (χ0v) is 17.0. The molecule has 3 rings (SSSR count). The van der Waals surface area contributed by atoms with Crippen molar-refractivity contribution in [1.82, 2.24) is 4.90 Å². The Morgan fingerprint density at radius 3 is 2.54 bits per heavy atom. The van der Waals surface area contributed by atoms with Crippen molar-refractivity contribution in [2.75, 3.05) is 23.1 Å². The Morgan fingerprint density at radius 2 is 1.96 bits per heavy atom. The molecule has 2 atom stereocenters. The van der Waals surface area contributed by atoms with Gasteiger partial charge in [0.25, 0.3) is 5.91 Å². The van der Waals surface area contributed by atoms with Crippen molar-refractivity contribution >= 4 is 34.0 Å². The van der Waals surface area contributed by atoms with Gasteiger partial charge in [0.15, 0.2) is 0 Å². The van der Waals surface area contributed by atoms with E-state index in [0.717, 1.165) is 31.4 Å². The van der Waals surface area contributed by atoms with E-state index in [-0.39, 0.29) is 36.2 Å². The van der Waals surface area contributed by atoms with Crippen LogP contribution in [0.25, 0.3) is 0 Å². The van der Waals surface area contributed by atoms with Gasteiger partial charge in [-0.25, -0.2) is 8.42 Å². The highest BCUT2D eigenvalue weighted by Crippen LogP contribution is 2.28. The highest BCUT2D eigenvalue weighted by atomic mass is 35.5. The highest BCUT2D eigenvalue weighted by molar-refractivity contribution is 7.93. The summed E-state index contributed by atoms with van der Waals surface area (Å²) in [6.45, 7) is 5.05. The molecule has 2 N–H and O–H groups in total. The van der Waals surface area contributed by atoms with Crippen molar-refractivity contribution in [1.29, 1.82) is 0 Å². The van der Waals surface area contributed by atoms with Crippen LogP contribution in [0.5, 0.6) is 0 Å². The van der Waals surface area contributed by atoms with E-state index in [1.165, 1.54) is 4.31 Å². The average molecular weight is 402 g/mol. The minimum absolute atomic E-state index is 0. The van der Waals surface area contributed by atoms with Crippen LogP contribution in [0.4, 0.5) is 5.69 Å². The van der Waals surface area contributed by atoms with E-state index in [1.807, 2.05) is 18.7 Å². The molecule has 6 nitrogen and oxygen atoms in total. The topological polar surface area (TPSA) is 83.7 Å². The first-order valence-electron chi connectivity index (χ1n) is 8.99. The summed E-state index contributed by atoms with van der Waals surface area (Å²) in [4.78, 5) is 14.9. The van der Waals surface area contributed by atoms with Crippen LogP contribution in [0, 0.1) is 6.92 Å². The lowest BCUT2D eigenvalue weighted by Gasteiger charge is -2.38. The van der Waals surface area contributed by atoms with Gasteiger partial charge in [0.05, 0.1) is 11.4 Å². The normalized spacial score (nSPS) is 23.4. The number of benzene rings is 1. The van der Waals surface area contributed by atoms with E-state index in [2.05, 4.69) is 0 Å². The van der Waals surface area contributed by atoms with E-state index in [9.17, 15) is 13.2 Å². The molecule has 1 aromatic carbocycles. The zero-order chi connectivity index (χ0) is 18.2. The highest BCUT2D eigenvalue weighted by Gasteiger charge is 2.32. The third-order valence-electron chi connectivity index (χ3n) is 5.24. The van der Waals surface area contributed by atoms with Gasteiger partial charge in [-0.15, -0.1) is 12.4 Å². The van der Waals surface area contributed by atoms with E-state index in [1.54, 1.807) is 18.2 Å². The maximum absolute atomic E-state index is 13.0. The van der Waals surface area contributed by atoms with Gasteiger partial charge < -0.3 is 10.6 Å². The second-order valence-electron chi connectivity index (χ2n) is 7.16. The van der Waals surface area contributed by atoms with Crippen molar-refractivity contribution < 1.29 is 13.2 Å². The predicted molar refractivity (Wildman–Crippen MR) is 107 cm³/mol. The fraction of sp³-hybridized carbons (Fsp3) is 0.611. The van der Waals surface area contributed by atoms with Gasteiger partial charge in [-0.3, -0.25) is 9.10 Å². The lowest BCUT2D eigenvalue weighted by Crippen LogP contribution is -2.51. The Hall–Kier alpha value is -1.31. The average Bonchev–Trinajstić information content (AvgIpc) is 2.93. The van der Waals surface area contributed by atoms with Crippen LogP contribution in [0.3, 0.4) is 0 Å². The smallest absolute Gasteiger partial charge is 0.254 e. The number of anilines is 1. The summed E-state index contributed by atoms with van der Waals surface area (Å²) in [6.07, 6.45) is 3.68. The third-order valence-corrected chi connectivity index (χ3v) is 7.11. The molecule has 2 saturated heterocycles. The number of sulfonamides is 1. The van der Waals surface area contributed by atoms with Crippen LogP contribution in [0.15, 0.2) is 18.2 Å². The molecule has 0 spiro atoms. The third kappa shape index (κ3) is 4.00. The zero-order valence-electron chi connectivity index (χ0n) is 15.3. The largest absolute Gasteiger partial charge is 0.334 e. The fourth-order valence-electron chi connectivity index (χ4n) is 3.88. The maximum atomic E-state index is 13.0. The Morgan fingerprint density at radius 1 is 1.23 bits per heavy atom. The predicted octanol–water partition coefficient (Wildman–Crippen LogP) is 2.30. The number of piperidine rings is 1. The maximum Gasteiger partial charge on any atom is 0.254 e. The first kappa shape index (κ1) is 21.0. The van der Waals surface area contributed by atoms with E-state index in [0.29, 0.717) is 24.2 Å². The molecule has 0 aliphatic carbocycles. The van der Waals surface area contributed by atoms with Crippen molar-refractivity contribution in [2.24, 2.45) is 5.73 Å². The van der Waals surface area contributed by atoms with E-state index >= 15 is 0 Å². The van der Waals surface area contributed by atoms with Gasteiger partial charge in [-0.2, -0.15) is 0 Å². The summed E-state index contributed by atoms with van der Waals surface area (Å²) >= 11 is 0. The lowest BCUT2D eigenvalue weighted by molar-refractivity contribution is 0.0583. The molecule has 0 aromatic heterocycles. The van der Waals surface area contributed by atoms with Gasteiger partial charge >= 0.3 is 0 Å². The molecule has 146 valence electrons. The number of halogens is 1. The van der Waals surface area contributed by atoms with Crippen molar-refractivity contribution in [3.8, 4) is 0 Å². The minimum Gasteiger partial charge on any atom is -0.334 e. The van der Waals surface area contributed by atoms with Crippen LogP contribution in [0.2, 0.25) is 0 Å². The summed E-state index contributed by atoms with van der Waals surface area (Å²) in [6, 6.07) is 5.32. The lowest BCUT2D eigenvalue weighted by atomic mass is 9.95. The van der Waals surface area contributed by atoms with Crippen molar-refractivity contribution in [2.45, 2.75) is 51.6 Å². The van der Waals surface area contributed by atoms with Gasteiger partial charge in [-0.1, -0.05) is 0 Å².